The van der Waals surface area contributed by atoms with E-state index in [1.807, 2.05) is 26.8 Å². The number of hydrogen-bond donors (Lipinski definition) is 1. The van der Waals surface area contributed by atoms with Crippen LogP contribution in [0.2, 0.25) is 0 Å². The lowest BCUT2D eigenvalue weighted by Gasteiger charge is -2.31. The summed E-state index contributed by atoms with van der Waals surface area (Å²) in [6.45, 7) is 5.55. The molecule has 1 N–H and O–H groups in total. The molecule has 0 fully saturated rings. The fourth-order valence-corrected chi connectivity index (χ4v) is 2.52. The first-order chi connectivity index (χ1) is 12.7. The molecule has 0 aliphatic rings. The average Bonchev–Trinajstić information content (AvgIpc) is 2.60. The maximum Gasteiger partial charge on any atom is 0.418 e. The summed E-state index contributed by atoms with van der Waals surface area (Å²) in [6, 6.07) is 10.1. The highest BCUT2D eigenvalue weighted by molar-refractivity contribution is 6.12. The average molecular weight is 368 g/mol. The third-order valence-electron chi connectivity index (χ3n) is 4.03. The zero-order valence-corrected chi connectivity index (χ0v) is 15.4. The van der Waals surface area contributed by atoms with Gasteiger partial charge in [-0.3, -0.25) is 4.79 Å². The van der Waals surface area contributed by atoms with E-state index in [0.717, 1.165) is 12.1 Å². The molecule has 27 heavy (non-hydrogen) atoms. The van der Waals surface area contributed by atoms with E-state index in [1.54, 1.807) is 18.3 Å². The number of anilines is 1. The maximum atomic E-state index is 13.2. The van der Waals surface area contributed by atoms with Crippen LogP contribution in [0.5, 0.6) is 0 Å². The topological polar surface area (TPSA) is 70.5 Å². The molecule has 6 heteroatoms. The van der Waals surface area contributed by atoms with Crippen LogP contribution in [-0.4, -0.2) is 22.1 Å². The number of nitrogens with zero attached hydrogens (tertiary/aromatic N) is 2. The maximum absolute atomic E-state index is 13.2. The van der Waals surface area contributed by atoms with Gasteiger partial charge in [-0.1, -0.05) is 32.8 Å². The van der Waals surface area contributed by atoms with Crippen molar-refractivity contribution in [2.45, 2.75) is 27.2 Å². The van der Waals surface area contributed by atoms with Gasteiger partial charge in [-0.2, -0.15) is 0 Å². The summed E-state index contributed by atoms with van der Waals surface area (Å²) in [5.41, 5.74) is 0.149. The summed E-state index contributed by atoms with van der Waals surface area (Å²) in [6.07, 6.45) is 0.375. The molecule has 5 nitrogen and oxygen atoms in total. The van der Waals surface area contributed by atoms with Crippen molar-refractivity contribution in [1.82, 2.24) is 4.98 Å². The van der Waals surface area contributed by atoms with Crippen LogP contribution in [0.3, 0.4) is 0 Å². The van der Waals surface area contributed by atoms with E-state index in [-0.39, 0.29) is 12.1 Å². The van der Waals surface area contributed by atoms with E-state index in [0.29, 0.717) is 10.6 Å². The minimum atomic E-state index is -1.42. The molecule has 140 valence electrons. The van der Waals surface area contributed by atoms with Crippen molar-refractivity contribution in [2.75, 3.05) is 4.90 Å². The minimum absolute atomic E-state index is 0.0980. The van der Waals surface area contributed by atoms with Crippen molar-refractivity contribution in [3.63, 3.8) is 0 Å². The van der Waals surface area contributed by atoms with Gasteiger partial charge in [-0.25, -0.2) is 19.1 Å². The predicted molar refractivity (Wildman–Crippen MR) is 101 cm³/mol. The fraction of sp³-hybridized carbons (Fsp3) is 0.286. The van der Waals surface area contributed by atoms with Gasteiger partial charge in [-0.15, -0.1) is 0 Å². The van der Waals surface area contributed by atoms with Crippen LogP contribution < -0.4 is 4.90 Å². The second kappa shape index (κ2) is 8.45. The Morgan fingerprint density at radius 1 is 1.19 bits per heavy atom. The molecule has 1 atom stereocenters. The normalized spacial score (nSPS) is 11.9. The number of hydrogen-bond acceptors (Lipinski definition) is 3. The highest BCUT2D eigenvalue weighted by atomic mass is 19.1. The van der Waals surface area contributed by atoms with Crippen molar-refractivity contribution in [3.8, 4) is 11.8 Å². The molecule has 0 spiro atoms. The molecule has 1 unspecified atom stereocenters. The first kappa shape index (κ1) is 20.1. The van der Waals surface area contributed by atoms with Crippen LogP contribution in [0.15, 0.2) is 48.7 Å². The molecular formula is C21H21FN2O3. The fourth-order valence-electron chi connectivity index (χ4n) is 2.52. The number of benzene rings is 1. The Bertz CT molecular complexity index is 862. The van der Waals surface area contributed by atoms with Crippen molar-refractivity contribution in [3.05, 3.63) is 60.2 Å². The number of carbonyl (C=O) groups excluding carboxylic acids is 1. The van der Waals surface area contributed by atoms with E-state index in [9.17, 15) is 19.1 Å². The number of amides is 2. The predicted octanol–water partition coefficient (Wildman–Crippen LogP) is 4.34. The van der Waals surface area contributed by atoms with Gasteiger partial charge in [0.1, 0.15) is 11.5 Å². The van der Waals surface area contributed by atoms with E-state index in [1.165, 1.54) is 12.1 Å². The summed E-state index contributed by atoms with van der Waals surface area (Å²) >= 11 is 0. The Morgan fingerprint density at radius 3 is 2.37 bits per heavy atom. The molecule has 0 radical (unpaired) electrons. The number of pyridine rings is 1. The van der Waals surface area contributed by atoms with Crippen molar-refractivity contribution < 1.29 is 19.1 Å². The van der Waals surface area contributed by atoms with Gasteiger partial charge in [-0.05, 0) is 47.7 Å². The Balaban J connectivity index is 2.31. The summed E-state index contributed by atoms with van der Waals surface area (Å²) in [5, 5.41) is 9.55. The number of carboxylic acid groups (broad SMARTS) is 1. The van der Waals surface area contributed by atoms with Gasteiger partial charge in [0.05, 0.1) is 11.6 Å². The van der Waals surface area contributed by atoms with E-state index < -0.39 is 29.2 Å². The second-order valence-corrected chi connectivity index (χ2v) is 7.07. The van der Waals surface area contributed by atoms with Gasteiger partial charge in [0.25, 0.3) is 0 Å². The number of rotatable bonds is 3. The van der Waals surface area contributed by atoms with E-state index in [2.05, 4.69) is 16.8 Å². The standard InChI is InChI=1S/C21H21FN2O3/c1-21(2,3)18(9-6-8-16-7-4-5-14-23-16)19(25)24(20(26)27)17-12-10-15(22)11-13-17/h4-5,7,10-14,18H,9H2,1-3H3,(H,26,27). The van der Waals surface area contributed by atoms with Crippen LogP contribution in [0.4, 0.5) is 14.9 Å². The van der Waals surface area contributed by atoms with Gasteiger partial charge < -0.3 is 5.11 Å². The first-order valence-electron chi connectivity index (χ1n) is 8.42. The van der Waals surface area contributed by atoms with Crippen LogP contribution in [0, 0.1) is 29.0 Å². The number of carbonyl (C=O) groups is 2. The third-order valence-corrected chi connectivity index (χ3v) is 4.03. The highest BCUT2D eigenvalue weighted by Gasteiger charge is 2.37. The highest BCUT2D eigenvalue weighted by Crippen LogP contribution is 2.32. The molecular weight excluding hydrogens is 347 g/mol. The lowest BCUT2D eigenvalue weighted by Crippen LogP contribution is -2.44. The Hall–Kier alpha value is -3.20. The zero-order valence-electron chi connectivity index (χ0n) is 15.4. The zero-order chi connectivity index (χ0) is 20.0. The van der Waals surface area contributed by atoms with Crippen molar-refractivity contribution in [2.24, 2.45) is 11.3 Å². The summed E-state index contributed by atoms with van der Waals surface area (Å²) in [4.78, 5) is 29.5. The molecule has 0 saturated carbocycles. The van der Waals surface area contributed by atoms with Crippen LogP contribution in [0.1, 0.15) is 32.9 Å². The van der Waals surface area contributed by atoms with Gasteiger partial charge >= 0.3 is 6.09 Å². The third kappa shape index (κ3) is 5.38. The lowest BCUT2D eigenvalue weighted by molar-refractivity contribution is -0.124. The molecule has 0 aliphatic heterocycles. The van der Waals surface area contributed by atoms with E-state index in [4.69, 9.17) is 0 Å². The SMILES string of the molecule is CC(C)(C)C(CC#Cc1ccccn1)C(=O)N(C(=O)O)c1ccc(F)cc1. The summed E-state index contributed by atoms with van der Waals surface area (Å²) in [7, 11) is 0. The molecule has 0 saturated heterocycles. The molecule has 1 heterocycles. The molecule has 0 bridgehead atoms. The molecule has 2 amide bonds. The molecule has 0 aliphatic carbocycles. The van der Waals surface area contributed by atoms with Crippen LogP contribution in [-0.2, 0) is 4.79 Å². The Labute approximate surface area is 157 Å². The number of aromatic nitrogens is 1. The Kier molecular flexibility index (Phi) is 6.30. The lowest BCUT2D eigenvalue weighted by atomic mass is 9.78. The van der Waals surface area contributed by atoms with Gasteiger partial charge in [0.15, 0.2) is 0 Å². The largest absolute Gasteiger partial charge is 0.464 e. The Morgan fingerprint density at radius 2 is 1.85 bits per heavy atom. The molecule has 2 aromatic rings. The van der Waals surface area contributed by atoms with Crippen LogP contribution >= 0.6 is 0 Å². The molecule has 1 aromatic heterocycles. The van der Waals surface area contributed by atoms with Crippen molar-refractivity contribution >= 4 is 17.7 Å². The van der Waals surface area contributed by atoms with Gasteiger partial charge in [0, 0.05) is 12.6 Å². The monoisotopic (exact) mass is 368 g/mol. The van der Waals surface area contributed by atoms with Crippen LogP contribution in [0.25, 0.3) is 0 Å². The molecule has 2 rings (SSSR count). The minimum Gasteiger partial charge on any atom is -0.464 e. The molecule has 1 aromatic carbocycles. The number of imide groups is 1. The first-order valence-corrected chi connectivity index (χ1v) is 8.42. The summed E-state index contributed by atoms with van der Waals surface area (Å²) in [5.74, 6) is 4.04. The van der Waals surface area contributed by atoms with Gasteiger partial charge in [0.2, 0.25) is 5.91 Å². The summed E-state index contributed by atoms with van der Waals surface area (Å²) < 4.78 is 13.2. The quantitative estimate of drug-likeness (QED) is 0.819. The smallest absolute Gasteiger partial charge is 0.418 e. The number of halogens is 1. The van der Waals surface area contributed by atoms with Crippen molar-refractivity contribution in [1.29, 1.82) is 0 Å². The van der Waals surface area contributed by atoms with E-state index >= 15 is 0 Å². The second-order valence-electron chi connectivity index (χ2n) is 7.07.